The average molecular weight is 304 g/mol. The highest BCUT2D eigenvalue weighted by Gasteiger charge is 2.31. The molecule has 2 fully saturated rings. The summed E-state index contributed by atoms with van der Waals surface area (Å²) >= 11 is 0. The van der Waals surface area contributed by atoms with Gasteiger partial charge in [0.2, 0.25) is 5.91 Å². The van der Waals surface area contributed by atoms with Crippen LogP contribution >= 0.6 is 0 Å². The molecule has 6 nitrogen and oxygen atoms in total. The smallest absolute Gasteiger partial charge is 0.274 e. The lowest BCUT2D eigenvalue weighted by atomic mass is 9.99. The van der Waals surface area contributed by atoms with Crippen LogP contribution in [0.3, 0.4) is 0 Å². The van der Waals surface area contributed by atoms with Crippen LogP contribution in [0, 0.1) is 0 Å². The third-order valence-electron chi connectivity index (χ3n) is 4.78. The van der Waals surface area contributed by atoms with Gasteiger partial charge in [0.15, 0.2) is 0 Å². The monoisotopic (exact) mass is 304 g/mol. The number of carbonyl (C=O) groups is 2. The summed E-state index contributed by atoms with van der Waals surface area (Å²) in [6.45, 7) is 4.34. The van der Waals surface area contributed by atoms with Crippen LogP contribution in [-0.4, -0.2) is 57.5 Å². The number of aryl methyl sites for hydroxylation is 1. The molecule has 1 N–H and O–H groups in total. The second kappa shape index (κ2) is 6.50. The molecule has 0 aromatic carbocycles. The number of aromatic amines is 1. The highest BCUT2D eigenvalue weighted by Crippen LogP contribution is 2.22. The maximum atomic E-state index is 12.4. The van der Waals surface area contributed by atoms with Gasteiger partial charge in [0, 0.05) is 37.8 Å². The minimum absolute atomic E-state index is 0.000583. The van der Waals surface area contributed by atoms with Gasteiger partial charge in [0.1, 0.15) is 5.69 Å². The van der Waals surface area contributed by atoms with Gasteiger partial charge < -0.3 is 9.80 Å². The quantitative estimate of drug-likeness (QED) is 0.922. The van der Waals surface area contributed by atoms with E-state index in [9.17, 15) is 9.59 Å². The Morgan fingerprint density at radius 3 is 2.73 bits per heavy atom. The number of rotatable bonds is 3. The number of H-pyrrole nitrogens is 1. The van der Waals surface area contributed by atoms with Crippen molar-refractivity contribution < 1.29 is 9.59 Å². The van der Waals surface area contributed by atoms with Crippen LogP contribution < -0.4 is 0 Å². The predicted octanol–water partition coefficient (Wildman–Crippen LogP) is 1.59. The molecule has 0 aliphatic carbocycles. The maximum Gasteiger partial charge on any atom is 0.274 e. The minimum atomic E-state index is -0.000583. The predicted molar refractivity (Wildman–Crippen MR) is 82.5 cm³/mol. The van der Waals surface area contributed by atoms with Gasteiger partial charge in [-0.3, -0.25) is 14.7 Å². The van der Waals surface area contributed by atoms with Crippen molar-refractivity contribution in [3.63, 3.8) is 0 Å². The van der Waals surface area contributed by atoms with E-state index >= 15 is 0 Å². The van der Waals surface area contributed by atoms with Crippen LogP contribution in [0.4, 0.5) is 0 Å². The Hall–Kier alpha value is -1.85. The first-order valence-corrected chi connectivity index (χ1v) is 8.32. The molecule has 1 aromatic heterocycles. The molecule has 6 heteroatoms. The standard InChI is InChI=1S/C16H24N4O2/c1-2-12-11-14(18-17-12)16(22)19-9-6-13(7-10-19)20-8-4-3-5-15(20)21/h11,13H,2-10H2,1H3,(H,17,18). The lowest BCUT2D eigenvalue weighted by Gasteiger charge is -2.40. The zero-order chi connectivity index (χ0) is 15.5. The van der Waals surface area contributed by atoms with E-state index in [0.29, 0.717) is 31.2 Å². The molecule has 2 aliphatic rings. The van der Waals surface area contributed by atoms with Gasteiger partial charge in [-0.2, -0.15) is 5.10 Å². The van der Waals surface area contributed by atoms with Crippen molar-refractivity contribution in [2.45, 2.75) is 51.5 Å². The summed E-state index contributed by atoms with van der Waals surface area (Å²) in [6.07, 6.45) is 5.42. The minimum Gasteiger partial charge on any atom is -0.340 e. The topological polar surface area (TPSA) is 69.3 Å². The van der Waals surface area contributed by atoms with Crippen molar-refractivity contribution in [2.75, 3.05) is 19.6 Å². The van der Waals surface area contributed by atoms with E-state index in [4.69, 9.17) is 0 Å². The summed E-state index contributed by atoms with van der Waals surface area (Å²) < 4.78 is 0. The normalized spacial score (nSPS) is 20.5. The number of likely N-dealkylation sites (tertiary alicyclic amines) is 2. The van der Waals surface area contributed by atoms with Gasteiger partial charge in [0.25, 0.3) is 5.91 Å². The van der Waals surface area contributed by atoms with Crippen molar-refractivity contribution in [2.24, 2.45) is 0 Å². The van der Waals surface area contributed by atoms with E-state index < -0.39 is 0 Å². The lowest BCUT2D eigenvalue weighted by molar-refractivity contribution is -0.136. The third kappa shape index (κ3) is 3.00. The Morgan fingerprint density at radius 1 is 1.32 bits per heavy atom. The summed E-state index contributed by atoms with van der Waals surface area (Å²) in [5, 5.41) is 6.99. The largest absolute Gasteiger partial charge is 0.340 e. The lowest BCUT2D eigenvalue weighted by Crippen LogP contribution is -2.50. The molecule has 0 spiro atoms. The van der Waals surface area contributed by atoms with Crippen molar-refractivity contribution in [1.82, 2.24) is 20.0 Å². The summed E-state index contributed by atoms with van der Waals surface area (Å²) in [4.78, 5) is 28.3. The highest BCUT2D eigenvalue weighted by molar-refractivity contribution is 5.92. The van der Waals surface area contributed by atoms with Crippen molar-refractivity contribution in [3.8, 4) is 0 Å². The number of carbonyl (C=O) groups excluding carboxylic acids is 2. The molecule has 0 radical (unpaired) electrons. The Bertz CT molecular complexity index is 546. The van der Waals surface area contributed by atoms with Gasteiger partial charge in [-0.25, -0.2) is 0 Å². The molecule has 2 aliphatic heterocycles. The number of piperidine rings is 2. The van der Waals surface area contributed by atoms with E-state index in [1.54, 1.807) is 0 Å². The molecule has 0 bridgehead atoms. The van der Waals surface area contributed by atoms with E-state index in [1.807, 2.05) is 22.8 Å². The molecule has 0 saturated carbocycles. The molecule has 3 heterocycles. The molecule has 3 rings (SSSR count). The first-order chi connectivity index (χ1) is 10.7. The molecule has 2 saturated heterocycles. The van der Waals surface area contributed by atoms with Crippen molar-refractivity contribution in [3.05, 3.63) is 17.5 Å². The summed E-state index contributed by atoms with van der Waals surface area (Å²) in [6, 6.07) is 2.14. The van der Waals surface area contributed by atoms with Crippen LogP contribution in [0.2, 0.25) is 0 Å². The molecule has 1 aromatic rings. The Morgan fingerprint density at radius 2 is 2.09 bits per heavy atom. The van der Waals surface area contributed by atoms with Gasteiger partial charge in [0.05, 0.1) is 0 Å². The molecular formula is C16H24N4O2. The van der Waals surface area contributed by atoms with Gasteiger partial charge >= 0.3 is 0 Å². The first kappa shape index (κ1) is 15.1. The number of nitrogens with one attached hydrogen (secondary N) is 1. The van der Waals surface area contributed by atoms with Crippen LogP contribution in [0.1, 0.15) is 55.2 Å². The summed E-state index contributed by atoms with van der Waals surface area (Å²) in [5.41, 5.74) is 1.49. The third-order valence-corrected chi connectivity index (χ3v) is 4.78. The number of amides is 2. The molecular weight excluding hydrogens is 280 g/mol. The zero-order valence-corrected chi connectivity index (χ0v) is 13.2. The van der Waals surface area contributed by atoms with Crippen molar-refractivity contribution in [1.29, 1.82) is 0 Å². The maximum absolute atomic E-state index is 12.4. The fourth-order valence-corrected chi connectivity index (χ4v) is 3.41. The highest BCUT2D eigenvalue weighted by atomic mass is 16.2. The van der Waals surface area contributed by atoms with Crippen LogP contribution in [0.15, 0.2) is 6.07 Å². The summed E-state index contributed by atoms with van der Waals surface area (Å²) in [7, 11) is 0. The number of aromatic nitrogens is 2. The molecule has 120 valence electrons. The van der Waals surface area contributed by atoms with Crippen LogP contribution in [-0.2, 0) is 11.2 Å². The fourth-order valence-electron chi connectivity index (χ4n) is 3.41. The second-order valence-corrected chi connectivity index (χ2v) is 6.20. The van der Waals surface area contributed by atoms with E-state index in [1.165, 1.54) is 0 Å². The first-order valence-electron chi connectivity index (χ1n) is 8.32. The van der Waals surface area contributed by atoms with Gasteiger partial charge in [-0.15, -0.1) is 0 Å². The number of hydrogen-bond donors (Lipinski definition) is 1. The van der Waals surface area contributed by atoms with Crippen LogP contribution in [0.5, 0.6) is 0 Å². The second-order valence-electron chi connectivity index (χ2n) is 6.20. The van der Waals surface area contributed by atoms with Gasteiger partial charge in [-0.1, -0.05) is 6.92 Å². The van der Waals surface area contributed by atoms with E-state index in [0.717, 1.165) is 44.3 Å². The Kier molecular flexibility index (Phi) is 4.45. The molecule has 22 heavy (non-hydrogen) atoms. The Labute approximate surface area is 130 Å². The molecule has 2 amide bonds. The van der Waals surface area contributed by atoms with Crippen molar-refractivity contribution >= 4 is 11.8 Å². The number of hydrogen-bond acceptors (Lipinski definition) is 3. The SMILES string of the molecule is CCc1cc(C(=O)N2CCC(N3CCCCC3=O)CC2)n[nH]1. The average Bonchev–Trinajstić information content (AvgIpc) is 3.04. The fraction of sp³-hybridized carbons (Fsp3) is 0.688. The summed E-state index contributed by atoms with van der Waals surface area (Å²) in [5.74, 6) is 0.287. The van der Waals surface area contributed by atoms with Gasteiger partial charge in [-0.05, 0) is 38.2 Å². The van der Waals surface area contributed by atoms with E-state index in [2.05, 4.69) is 10.2 Å². The molecule has 0 atom stereocenters. The Balaban J connectivity index is 1.57. The number of nitrogens with zero attached hydrogens (tertiary/aromatic N) is 3. The van der Waals surface area contributed by atoms with E-state index in [-0.39, 0.29) is 11.8 Å². The zero-order valence-electron chi connectivity index (χ0n) is 13.2. The van der Waals surface area contributed by atoms with Crippen LogP contribution in [0.25, 0.3) is 0 Å². The molecule has 0 unspecified atom stereocenters.